The molecular formula is C37H38F2N2O5. The topological polar surface area (TPSA) is 77.1 Å². The molecule has 4 aromatic carbocycles. The van der Waals surface area contributed by atoms with E-state index in [0.29, 0.717) is 19.0 Å². The molecule has 0 unspecified atom stereocenters. The van der Waals surface area contributed by atoms with Crippen LogP contribution in [0.1, 0.15) is 40.4 Å². The molecule has 4 aromatic rings. The van der Waals surface area contributed by atoms with Gasteiger partial charge in [0.1, 0.15) is 23.8 Å². The van der Waals surface area contributed by atoms with Crippen molar-refractivity contribution < 1.29 is 32.6 Å². The number of halogens is 2. The second-order valence-electron chi connectivity index (χ2n) is 11.2. The van der Waals surface area contributed by atoms with Crippen molar-refractivity contribution in [1.29, 1.82) is 0 Å². The fourth-order valence-corrected chi connectivity index (χ4v) is 5.59. The van der Waals surface area contributed by atoms with Crippen molar-refractivity contribution in [2.24, 2.45) is 0 Å². The standard InChI is InChI=1S/C37H38F2N2O5/c1-2-20-41-32(22-40-36(42)30-19-18-29(38)21-31(30)39)33(44-23-26-12-6-3-7-13-26)34(45-24-27-14-8-4-9-15-27)35(37(41)43)46-25-28-16-10-5-11-17-28/h3-19,21,32-35H,2,20,22-25H2,1H3,(H,40,42)/t32-,33-,34-,35-/m1/s1. The van der Waals surface area contributed by atoms with E-state index in [9.17, 15) is 18.4 Å². The van der Waals surface area contributed by atoms with Gasteiger partial charge in [-0.1, -0.05) is 97.9 Å². The summed E-state index contributed by atoms with van der Waals surface area (Å²) in [6.45, 7) is 2.85. The van der Waals surface area contributed by atoms with Gasteiger partial charge in [0.15, 0.2) is 6.10 Å². The van der Waals surface area contributed by atoms with Crippen LogP contribution >= 0.6 is 0 Å². The van der Waals surface area contributed by atoms with Crippen LogP contribution in [-0.4, -0.2) is 54.2 Å². The normalized spacial score (nSPS) is 19.6. The van der Waals surface area contributed by atoms with Gasteiger partial charge in [-0.05, 0) is 35.2 Å². The molecule has 1 N–H and O–H groups in total. The van der Waals surface area contributed by atoms with E-state index >= 15 is 0 Å². The summed E-state index contributed by atoms with van der Waals surface area (Å²) < 4.78 is 47.5. The Morgan fingerprint density at radius 3 is 1.78 bits per heavy atom. The molecule has 0 spiro atoms. The van der Waals surface area contributed by atoms with Crippen molar-refractivity contribution in [3.05, 3.63) is 143 Å². The summed E-state index contributed by atoms with van der Waals surface area (Å²) in [4.78, 5) is 29.0. The van der Waals surface area contributed by atoms with Gasteiger partial charge in [0.2, 0.25) is 0 Å². The van der Waals surface area contributed by atoms with Crippen molar-refractivity contribution in [2.45, 2.75) is 57.5 Å². The highest BCUT2D eigenvalue weighted by atomic mass is 19.1. The number of rotatable bonds is 14. The summed E-state index contributed by atoms with van der Waals surface area (Å²) in [5.41, 5.74) is 2.43. The number of benzene rings is 4. The average Bonchev–Trinajstić information content (AvgIpc) is 3.08. The fourth-order valence-electron chi connectivity index (χ4n) is 5.59. The molecule has 1 aliphatic rings. The summed E-state index contributed by atoms with van der Waals surface area (Å²) in [6.07, 6.45) is -1.96. The lowest BCUT2D eigenvalue weighted by Crippen LogP contribution is -2.68. The molecule has 1 heterocycles. The SMILES string of the molecule is CCCN1C(=O)[C@H](OCc2ccccc2)[C@H](OCc2ccccc2)[C@H](OCc2ccccc2)[C@H]1CNC(=O)c1ccc(F)cc1F. The minimum absolute atomic E-state index is 0.0581. The zero-order chi connectivity index (χ0) is 32.3. The molecule has 0 saturated carbocycles. The van der Waals surface area contributed by atoms with Gasteiger partial charge in [-0.25, -0.2) is 8.78 Å². The Kier molecular flexibility index (Phi) is 11.6. The van der Waals surface area contributed by atoms with E-state index in [1.807, 2.05) is 97.9 Å². The minimum Gasteiger partial charge on any atom is -0.368 e. The number of hydrogen-bond acceptors (Lipinski definition) is 5. The molecule has 0 aromatic heterocycles. The molecule has 2 amide bonds. The molecule has 240 valence electrons. The number of ether oxygens (including phenoxy) is 3. The van der Waals surface area contributed by atoms with Crippen molar-refractivity contribution in [2.75, 3.05) is 13.1 Å². The molecule has 1 fully saturated rings. The number of likely N-dealkylation sites (tertiary alicyclic amines) is 1. The van der Waals surface area contributed by atoms with E-state index in [-0.39, 0.29) is 37.8 Å². The average molecular weight is 629 g/mol. The molecule has 0 radical (unpaired) electrons. The van der Waals surface area contributed by atoms with Crippen molar-refractivity contribution >= 4 is 11.8 Å². The van der Waals surface area contributed by atoms with Crippen LogP contribution in [-0.2, 0) is 38.8 Å². The number of carbonyl (C=O) groups is 2. The van der Waals surface area contributed by atoms with Gasteiger partial charge in [-0.3, -0.25) is 9.59 Å². The van der Waals surface area contributed by atoms with Crippen molar-refractivity contribution in [3.8, 4) is 0 Å². The third kappa shape index (κ3) is 8.42. The second kappa shape index (κ2) is 16.2. The predicted octanol–water partition coefficient (Wildman–Crippen LogP) is 6.07. The molecule has 0 aliphatic carbocycles. The minimum atomic E-state index is -1.00. The second-order valence-corrected chi connectivity index (χ2v) is 11.2. The van der Waals surface area contributed by atoms with Crippen LogP contribution in [0.3, 0.4) is 0 Å². The molecule has 9 heteroatoms. The van der Waals surface area contributed by atoms with Crippen molar-refractivity contribution in [1.82, 2.24) is 10.2 Å². The zero-order valence-corrected chi connectivity index (χ0v) is 25.7. The van der Waals surface area contributed by atoms with Gasteiger partial charge in [-0.2, -0.15) is 0 Å². The van der Waals surface area contributed by atoms with Gasteiger partial charge in [-0.15, -0.1) is 0 Å². The molecule has 4 atom stereocenters. The number of carbonyl (C=O) groups excluding carboxylic acids is 2. The van der Waals surface area contributed by atoms with E-state index in [1.165, 1.54) is 0 Å². The van der Waals surface area contributed by atoms with Gasteiger partial charge >= 0.3 is 0 Å². The molecule has 46 heavy (non-hydrogen) atoms. The lowest BCUT2D eigenvalue weighted by molar-refractivity contribution is -0.208. The Balaban J connectivity index is 1.47. The van der Waals surface area contributed by atoms with Crippen LogP contribution in [0, 0.1) is 11.6 Å². The first-order chi connectivity index (χ1) is 22.4. The molecule has 5 rings (SSSR count). The van der Waals surface area contributed by atoms with Gasteiger partial charge in [0.25, 0.3) is 11.8 Å². The Bertz CT molecular complexity index is 1560. The number of piperidine rings is 1. The highest BCUT2D eigenvalue weighted by Gasteiger charge is 2.50. The summed E-state index contributed by atoms with van der Waals surface area (Å²) >= 11 is 0. The first kappa shape index (κ1) is 32.9. The van der Waals surface area contributed by atoms with Gasteiger partial charge in [0.05, 0.1) is 31.4 Å². The van der Waals surface area contributed by atoms with Crippen LogP contribution in [0.25, 0.3) is 0 Å². The number of amides is 2. The molecule has 0 bridgehead atoms. The van der Waals surface area contributed by atoms with Crippen molar-refractivity contribution in [3.63, 3.8) is 0 Å². The smallest absolute Gasteiger partial charge is 0.254 e. The maximum absolute atomic E-state index is 14.5. The first-order valence-corrected chi connectivity index (χ1v) is 15.4. The van der Waals surface area contributed by atoms with E-state index in [2.05, 4.69) is 5.32 Å². The third-order valence-electron chi connectivity index (χ3n) is 7.88. The fraction of sp³-hybridized carbons (Fsp3) is 0.297. The van der Waals surface area contributed by atoms with Crippen LogP contribution in [0.15, 0.2) is 109 Å². The van der Waals surface area contributed by atoms with E-state index in [0.717, 1.165) is 28.8 Å². The van der Waals surface area contributed by atoms with E-state index < -0.39 is 41.9 Å². The first-order valence-electron chi connectivity index (χ1n) is 15.4. The van der Waals surface area contributed by atoms with Gasteiger partial charge < -0.3 is 24.4 Å². The van der Waals surface area contributed by atoms with Crippen LogP contribution in [0.2, 0.25) is 0 Å². The van der Waals surface area contributed by atoms with Gasteiger partial charge in [0, 0.05) is 19.2 Å². The summed E-state index contributed by atoms with van der Waals surface area (Å²) in [6, 6.07) is 30.9. The summed E-state index contributed by atoms with van der Waals surface area (Å²) in [7, 11) is 0. The number of nitrogens with zero attached hydrogens (tertiary/aromatic N) is 1. The molecule has 1 aliphatic heterocycles. The highest BCUT2D eigenvalue weighted by Crippen LogP contribution is 2.30. The Labute approximate surface area is 268 Å². The van der Waals surface area contributed by atoms with E-state index in [4.69, 9.17) is 14.2 Å². The lowest BCUT2D eigenvalue weighted by atomic mass is 9.91. The van der Waals surface area contributed by atoms with E-state index in [1.54, 1.807) is 4.90 Å². The quantitative estimate of drug-likeness (QED) is 0.184. The monoisotopic (exact) mass is 628 g/mol. The Hall–Kier alpha value is -4.44. The highest BCUT2D eigenvalue weighted by molar-refractivity contribution is 5.94. The summed E-state index contributed by atoms with van der Waals surface area (Å²) in [5.74, 6) is -2.77. The Morgan fingerprint density at radius 1 is 0.739 bits per heavy atom. The van der Waals surface area contributed by atoms with Crippen LogP contribution in [0.5, 0.6) is 0 Å². The number of nitrogens with one attached hydrogen (secondary N) is 1. The lowest BCUT2D eigenvalue weighted by Gasteiger charge is -2.48. The third-order valence-corrected chi connectivity index (χ3v) is 7.88. The summed E-state index contributed by atoms with van der Waals surface area (Å²) in [5, 5.41) is 2.76. The number of hydrogen-bond donors (Lipinski definition) is 1. The molecule has 1 saturated heterocycles. The zero-order valence-electron chi connectivity index (χ0n) is 25.7. The van der Waals surface area contributed by atoms with Crippen LogP contribution in [0.4, 0.5) is 8.78 Å². The maximum Gasteiger partial charge on any atom is 0.254 e. The Morgan fingerprint density at radius 2 is 1.26 bits per heavy atom. The largest absolute Gasteiger partial charge is 0.368 e. The predicted molar refractivity (Wildman–Crippen MR) is 170 cm³/mol. The maximum atomic E-state index is 14.5. The molecule has 7 nitrogen and oxygen atoms in total. The molecular weight excluding hydrogens is 590 g/mol. The van der Waals surface area contributed by atoms with Crippen LogP contribution < -0.4 is 5.32 Å².